The van der Waals surface area contributed by atoms with Crippen LogP contribution in [0.4, 0.5) is 0 Å². The number of fused-ring (bicyclic) bond motifs is 1. The molecule has 2 atom stereocenters. The van der Waals surface area contributed by atoms with E-state index in [0.29, 0.717) is 11.5 Å². The summed E-state index contributed by atoms with van der Waals surface area (Å²) in [5, 5.41) is 19.3. The molecule has 0 aliphatic heterocycles. The van der Waals surface area contributed by atoms with Gasteiger partial charge in [-0.15, -0.1) is 0 Å². The minimum atomic E-state index is -0.269. The number of ketones is 1. The number of phenolic OH excluding ortho intramolecular Hbond substituents is 2. The lowest BCUT2D eigenvalue weighted by Crippen LogP contribution is -2.52. The van der Waals surface area contributed by atoms with Crippen LogP contribution < -0.4 is 4.74 Å². The number of hydrogen-bond donors (Lipinski definition) is 2. The molecular weight excluding hydrogens is 280 g/mol. The van der Waals surface area contributed by atoms with Crippen molar-refractivity contribution in [2.75, 3.05) is 7.11 Å². The van der Waals surface area contributed by atoms with Gasteiger partial charge in [0.2, 0.25) is 5.75 Å². The number of rotatable bonds is 3. The molecule has 0 saturated heterocycles. The van der Waals surface area contributed by atoms with Gasteiger partial charge in [-0.05, 0) is 47.1 Å². The van der Waals surface area contributed by atoms with Gasteiger partial charge in [-0.25, -0.2) is 0 Å². The smallest absolute Gasteiger partial charge is 0.200 e. The van der Waals surface area contributed by atoms with Gasteiger partial charge in [0.15, 0.2) is 17.3 Å². The molecule has 1 aromatic carbocycles. The molecule has 116 valence electrons. The fourth-order valence-corrected chi connectivity index (χ4v) is 3.56. The Balaban J connectivity index is 1.89. The van der Waals surface area contributed by atoms with Gasteiger partial charge in [0, 0.05) is 5.92 Å². The number of carbonyl (C=O) groups is 1. The summed E-state index contributed by atoms with van der Waals surface area (Å²) in [5.41, 5.74) is 1.77. The van der Waals surface area contributed by atoms with Crippen molar-refractivity contribution in [1.82, 2.24) is 0 Å². The zero-order valence-electron chi connectivity index (χ0n) is 13.0. The SMILES string of the molecule is COc1cc(/C=C/C2=CC(=O)[C@@H]3C[C@H]2C3(C)C)cc(O)c1O. The summed E-state index contributed by atoms with van der Waals surface area (Å²) in [5.74, 6) is 0.494. The average Bonchev–Trinajstić information content (AvgIpc) is 2.47. The Morgan fingerprint density at radius 2 is 1.95 bits per heavy atom. The van der Waals surface area contributed by atoms with Crippen LogP contribution in [0, 0.1) is 17.3 Å². The van der Waals surface area contributed by atoms with E-state index in [1.165, 1.54) is 13.2 Å². The number of benzene rings is 1. The van der Waals surface area contributed by atoms with Gasteiger partial charge in [-0.1, -0.05) is 26.0 Å². The van der Waals surface area contributed by atoms with E-state index in [0.717, 1.165) is 12.0 Å². The number of hydrogen-bond acceptors (Lipinski definition) is 4. The lowest BCUT2D eigenvalue weighted by atomic mass is 9.48. The quantitative estimate of drug-likeness (QED) is 0.841. The lowest BCUT2D eigenvalue weighted by molar-refractivity contribution is -0.133. The number of methoxy groups -OCH3 is 1. The Morgan fingerprint density at radius 3 is 2.55 bits per heavy atom. The maximum absolute atomic E-state index is 12.1. The minimum absolute atomic E-state index is 0.0281. The second-order valence-electron chi connectivity index (χ2n) is 6.63. The van der Waals surface area contributed by atoms with E-state index in [-0.39, 0.29) is 34.4 Å². The first-order valence-corrected chi connectivity index (χ1v) is 7.38. The fourth-order valence-electron chi connectivity index (χ4n) is 3.56. The molecule has 1 aromatic rings. The highest BCUT2D eigenvalue weighted by Gasteiger charge is 2.54. The molecule has 1 fully saturated rings. The average molecular weight is 300 g/mol. The molecule has 0 amide bonds. The van der Waals surface area contributed by atoms with Crippen molar-refractivity contribution >= 4 is 11.9 Å². The number of phenols is 2. The fraction of sp³-hybridized carbons (Fsp3) is 0.389. The topological polar surface area (TPSA) is 66.8 Å². The Labute approximate surface area is 129 Å². The first-order valence-electron chi connectivity index (χ1n) is 7.38. The summed E-state index contributed by atoms with van der Waals surface area (Å²) in [6.07, 6.45) is 6.41. The summed E-state index contributed by atoms with van der Waals surface area (Å²) < 4.78 is 5.02. The van der Waals surface area contributed by atoms with Crippen LogP contribution in [0.3, 0.4) is 0 Å². The second-order valence-corrected chi connectivity index (χ2v) is 6.63. The highest BCUT2D eigenvalue weighted by molar-refractivity contribution is 5.96. The van der Waals surface area contributed by atoms with Crippen molar-refractivity contribution in [2.45, 2.75) is 20.3 Å². The molecule has 0 aromatic heterocycles. The Bertz CT molecular complexity index is 697. The van der Waals surface area contributed by atoms with Crippen molar-refractivity contribution in [3.63, 3.8) is 0 Å². The van der Waals surface area contributed by atoms with E-state index in [2.05, 4.69) is 13.8 Å². The number of ether oxygens (including phenoxy) is 1. The summed E-state index contributed by atoms with van der Waals surface area (Å²) in [6.45, 7) is 4.28. The van der Waals surface area contributed by atoms with Crippen LogP contribution in [0.2, 0.25) is 0 Å². The minimum Gasteiger partial charge on any atom is -0.504 e. The number of carbonyl (C=O) groups excluding carboxylic acids is 1. The van der Waals surface area contributed by atoms with E-state index < -0.39 is 0 Å². The zero-order chi connectivity index (χ0) is 16.1. The molecule has 0 spiro atoms. The highest BCUT2D eigenvalue weighted by atomic mass is 16.5. The maximum Gasteiger partial charge on any atom is 0.200 e. The summed E-state index contributed by atoms with van der Waals surface area (Å²) in [6, 6.07) is 3.11. The zero-order valence-corrected chi connectivity index (χ0v) is 13.0. The molecule has 4 rings (SSSR count). The first kappa shape index (κ1) is 14.7. The molecule has 4 nitrogen and oxygen atoms in total. The summed E-state index contributed by atoms with van der Waals surface area (Å²) in [7, 11) is 1.43. The van der Waals surface area contributed by atoms with Crippen LogP contribution in [0.25, 0.3) is 6.08 Å². The lowest BCUT2D eigenvalue weighted by Gasteiger charge is -2.54. The third-order valence-electron chi connectivity index (χ3n) is 5.09. The molecule has 0 unspecified atom stereocenters. The predicted molar refractivity (Wildman–Crippen MR) is 83.8 cm³/mol. The largest absolute Gasteiger partial charge is 0.504 e. The van der Waals surface area contributed by atoms with Crippen molar-refractivity contribution in [3.8, 4) is 17.2 Å². The first-order chi connectivity index (χ1) is 10.3. The molecule has 3 aliphatic carbocycles. The molecule has 2 bridgehead atoms. The van der Waals surface area contributed by atoms with E-state index in [1.807, 2.05) is 12.2 Å². The van der Waals surface area contributed by atoms with Gasteiger partial charge in [0.05, 0.1) is 7.11 Å². The Morgan fingerprint density at radius 1 is 1.23 bits per heavy atom. The van der Waals surface area contributed by atoms with E-state index in [4.69, 9.17) is 4.74 Å². The van der Waals surface area contributed by atoms with E-state index in [1.54, 1.807) is 12.1 Å². The molecule has 0 radical (unpaired) electrons. The van der Waals surface area contributed by atoms with E-state index in [9.17, 15) is 15.0 Å². The molecular formula is C18H20O4. The van der Waals surface area contributed by atoms with Crippen LogP contribution in [-0.2, 0) is 4.79 Å². The third-order valence-corrected chi connectivity index (χ3v) is 5.09. The van der Waals surface area contributed by atoms with Crippen LogP contribution in [-0.4, -0.2) is 23.1 Å². The van der Waals surface area contributed by atoms with Gasteiger partial charge in [0.25, 0.3) is 0 Å². The maximum atomic E-state index is 12.1. The molecule has 3 aliphatic rings. The normalized spacial score (nSPS) is 25.8. The molecule has 4 heteroatoms. The van der Waals surface area contributed by atoms with Crippen molar-refractivity contribution < 1.29 is 19.7 Å². The van der Waals surface area contributed by atoms with Gasteiger partial charge in [0.1, 0.15) is 0 Å². The van der Waals surface area contributed by atoms with Gasteiger partial charge in [-0.3, -0.25) is 4.79 Å². The standard InChI is InChI=1S/C18H20O4/c1-18(2)12-9-13(18)14(19)8-11(12)5-4-10-6-15(20)17(21)16(7-10)22-3/h4-8,12-13,20-21H,9H2,1-3H3/b5-4+/t12-,13+/m1/s1. The van der Waals surface area contributed by atoms with Crippen LogP contribution in [0.15, 0.2) is 29.9 Å². The highest BCUT2D eigenvalue weighted by Crippen LogP contribution is 2.58. The molecule has 1 saturated carbocycles. The Hall–Kier alpha value is -2.23. The van der Waals surface area contributed by atoms with Crippen LogP contribution in [0.1, 0.15) is 25.8 Å². The van der Waals surface area contributed by atoms with Crippen molar-refractivity contribution in [1.29, 1.82) is 0 Å². The molecule has 2 N–H and O–H groups in total. The van der Waals surface area contributed by atoms with Gasteiger partial charge >= 0.3 is 0 Å². The molecule has 0 heterocycles. The second kappa shape index (κ2) is 4.90. The third kappa shape index (κ3) is 2.10. The summed E-state index contributed by atoms with van der Waals surface area (Å²) >= 11 is 0. The van der Waals surface area contributed by atoms with Gasteiger partial charge in [-0.2, -0.15) is 0 Å². The number of allylic oxidation sites excluding steroid dienone is 3. The Kier molecular flexibility index (Phi) is 3.28. The van der Waals surface area contributed by atoms with Crippen molar-refractivity contribution in [2.24, 2.45) is 17.3 Å². The summed E-state index contributed by atoms with van der Waals surface area (Å²) in [4.78, 5) is 12.1. The van der Waals surface area contributed by atoms with Crippen molar-refractivity contribution in [3.05, 3.63) is 35.4 Å². The van der Waals surface area contributed by atoms with Crippen LogP contribution >= 0.6 is 0 Å². The predicted octanol–water partition coefficient (Wildman–Crippen LogP) is 3.29. The van der Waals surface area contributed by atoms with E-state index >= 15 is 0 Å². The van der Waals surface area contributed by atoms with Crippen LogP contribution in [0.5, 0.6) is 17.2 Å². The number of aromatic hydroxyl groups is 2. The molecule has 22 heavy (non-hydrogen) atoms. The monoisotopic (exact) mass is 300 g/mol. The van der Waals surface area contributed by atoms with Gasteiger partial charge < -0.3 is 14.9 Å².